The van der Waals surface area contributed by atoms with Crippen molar-refractivity contribution in [3.8, 4) is 5.69 Å². The van der Waals surface area contributed by atoms with Gasteiger partial charge in [0.15, 0.2) is 0 Å². The van der Waals surface area contributed by atoms with Crippen LogP contribution in [0.25, 0.3) is 5.69 Å². The van der Waals surface area contributed by atoms with E-state index in [1.807, 2.05) is 24.3 Å². The number of nitrogens with zero attached hydrogens (tertiary/aromatic N) is 5. The Morgan fingerprint density at radius 1 is 1.04 bits per heavy atom. The minimum Gasteiger partial charge on any atom is -0.280 e. The predicted octanol–water partition coefficient (Wildman–Crippen LogP) is 3.47. The molecule has 0 amide bonds. The van der Waals surface area contributed by atoms with Gasteiger partial charge in [0.05, 0.1) is 12.4 Å². The molecule has 0 aliphatic carbocycles. The predicted molar refractivity (Wildman–Crippen MR) is 95.7 cm³/mol. The number of halogens is 1. The Hall–Kier alpha value is -2.02. The molecule has 3 aromatic rings. The van der Waals surface area contributed by atoms with Crippen LogP contribution in [-0.4, -0.2) is 31.2 Å². The van der Waals surface area contributed by atoms with E-state index < -0.39 is 0 Å². The van der Waals surface area contributed by atoms with Crippen LogP contribution in [0.15, 0.2) is 48.5 Å². The summed E-state index contributed by atoms with van der Waals surface area (Å²) in [7, 11) is 0. The highest BCUT2D eigenvalue weighted by Crippen LogP contribution is 2.19. The molecule has 0 saturated heterocycles. The molecular formula is C17H16ClN5S. The first-order valence-electron chi connectivity index (χ1n) is 7.78. The highest BCUT2D eigenvalue weighted by molar-refractivity contribution is 7.71. The highest BCUT2D eigenvalue weighted by atomic mass is 35.5. The lowest BCUT2D eigenvalue weighted by molar-refractivity contribution is 0.186. The standard InChI is InChI=1S/C17H16ClN5S/c18-15-6-3-7-16(10-15)23-17(24)22(19-20-23)12-21-9-8-13-4-1-2-5-14(13)11-21/h1-7,10H,8-9,11-12H2. The number of aromatic nitrogens is 4. The van der Waals surface area contributed by atoms with Gasteiger partial charge >= 0.3 is 0 Å². The largest absolute Gasteiger partial charge is 0.280 e. The molecule has 0 atom stereocenters. The van der Waals surface area contributed by atoms with Crippen molar-refractivity contribution in [2.45, 2.75) is 19.6 Å². The molecule has 1 aliphatic heterocycles. The summed E-state index contributed by atoms with van der Waals surface area (Å²) in [5.74, 6) is 0. The third-order valence-electron chi connectivity index (χ3n) is 4.24. The van der Waals surface area contributed by atoms with E-state index in [1.54, 1.807) is 9.36 Å². The summed E-state index contributed by atoms with van der Waals surface area (Å²) in [5.41, 5.74) is 3.63. The van der Waals surface area contributed by atoms with Crippen molar-refractivity contribution in [1.29, 1.82) is 0 Å². The molecule has 122 valence electrons. The molecule has 0 spiro atoms. The van der Waals surface area contributed by atoms with Crippen LogP contribution in [0.1, 0.15) is 11.1 Å². The van der Waals surface area contributed by atoms with E-state index in [9.17, 15) is 0 Å². The van der Waals surface area contributed by atoms with Gasteiger partial charge in [0.25, 0.3) is 0 Å². The molecule has 0 bridgehead atoms. The average Bonchev–Trinajstić information content (AvgIpc) is 2.95. The second-order valence-corrected chi connectivity index (χ2v) is 6.67. The van der Waals surface area contributed by atoms with Crippen LogP contribution >= 0.6 is 23.8 Å². The minimum absolute atomic E-state index is 0.566. The van der Waals surface area contributed by atoms with E-state index in [0.29, 0.717) is 16.5 Å². The monoisotopic (exact) mass is 357 g/mol. The van der Waals surface area contributed by atoms with Crippen molar-refractivity contribution < 1.29 is 0 Å². The number of benzene rings is 2. The Morgan fingerprint density at radius 3 is 2.71 bits per heavy atom. The number of fused-ring (bicyclic) bond motifs is 1. The molecule has 0 fully saturated rings. The van der Waals surface area contributed by atoms with Crippen LogP contribution in [0.4, 0.5) is 0 Å². The second-order valence-electron chi connectivity index (χ2n) is 5.87. The second kappa shape index (κ2) is 6.47. The molecular weight excluding hydrogens is 342 g/mol. The summed E-state index contributed by atoms with van der Waals surface area (Å²) in [4.78, 5) is 2.33. The number of hydrogen-bond donors (Lipinski definition) is 0. The van der Waals surface area contributed by atoms with E-state index in [-0.39, 0.29) is 0 Å². The highest BCUT2D eigenvalue weighted by Gasteiger charge is 2.17. The first-order chi connectivity index (χ1) is 11.7. The van der Waals surface area contributed by atoms with Gasteiger partial charge in [-0.2, -0.15) is 4.68 Å². The van der Waals surface area contributed by atoms with Gasteiger partial charge in [-0.25, -0.2) is 4.68 Å². The van der Waals surface area contributed by atoms with Crippen LogP contribution < -0.4 is 0 Å². The van der Waals surface area contributed by atoms with Crippen LogP contribution in [0.5, 0.6) is 0 Å². The van der Waals surface area contributed by atoms with E-state index >= 15 is 0 Å². The van der Waals surface area contributed by atoms with Gasteiger partial charge in [-0.15, -0.1) is 0 Å². The molecule has 2 aromatic carbocycles. The van der Waals surface area contributed by atoms with Crippen molar-refractivity contribution in [3.05, 3.63) is 69.5 Å². The zero-order valence-electron chi connectivity index (χ0n) is 13.0. The number of hydrogen-bond acceptors (Lipinski definition) is 4. The van der Waals surface area contributed by atoms with Gasteiger partial charge in [0.2, 0.25) is 4.77 Å². The van der Waals surface area contributed by atoms with Gasteiger partial charge < -0.3 is 0 Å². The molecule has 0 unspecified atom stereocenters. The third kappa shape index (κ3) is 3.00. The van der Waals surface area contributed by atoms with Gasteiger partial charge in [-0.1, -0.05) is 41.9 Å². The fraction of sp³-hybridized carbons (Fsp3) is 0.235. The molecule has 1 aromatic heterocycles. The Morgan fingerprint density at radius 2 is 1.88 bits per heavy atom. The summed E-state index contributed by atoms with van der Waals surface area (Å²) in [5, 5.41) is 9.04. The maximum atomic E-state index is 6.05. The van der Waals surface area contributed by atoms with Crippen molar-refractivity contribution in [2.24, 2.45) is 0 Å². The SMILES string of the molecule is S=c1n(CN2CCc3ccccc3C2)nnn1-c1cccc(Cl)c1. The molecule has 4 rings (SSSR count). The summed E-state index contributed by atoms with van der Waals surface area (Å²) in [6.07, 6.45) is 1.05. The van der Waals surface area contributed by atoms with E-state index in [1.165, 1.54) is 11.1 Å². The van der Waals surface area contributed by atoms with Gasteiger partial charge in [0.1, 0.15) is 0 Å². The van der Waals surface area contributed by atoms with E-state index in [2.05, 4.69) is 39.6 Å². The normalized spacial score (nSPS) is 14.5. The molecule has 1 aliphatic rings. The quantitative estimate of drug-likeness (QED) is 0.673. The lowest BCUT2D eigenvalue weighted by Gasteiger charge is -2.28. The lowest BCUT2D eigenvalue weighted by Crippen LogP contribution is -2.32. The molecule has 0 saturated carbocycles. The summed E-state index contributed by atoms with van der Waals surface area (Å²) >= 11 is 11.6. The number of rotatable bonds is 3. The molecule has 24 heavy (non-hydrogen) atoms. The average molecular weight is 358 g/mol. The molecule has 5 nitrogen and oxygen atoms in total. The first-order valence-corrected chi connectivity index (χ1v) is 8.57. The van der Waals surface area contributed by atoms with Crippen molar-refractivity contribution in [3.63, 3.8) is 0 Å². The maximum absolute atomic E-state index is 6.05. The Kier molecular flexibility index (Phi) is 4.18. The zero-order chi connectivity index (χ0) is 16.5. The summed E-state index contributed by atoms with van der Waals surface area (Å²) < 4.78 is 3.96. The Labute approximate surface area is 150 Å². The smallest absolute Gasteiger partial charge is 0.221 e. The lowest BCUT2D eigenvalue weighted by atomic mass is 10.0. The van der Waals surface area contributed by atoms with Gasteiger partial charge in [0, 0.05) is 18.1 Å². The van der Waals surface area contributed by atoms with Crippen molar-refractivity contribution in [1.82, 2.24) is 24.7 Å². The van der Waals surface area contributed by atoms with Crippen molar-refractivity contribution >= 4 is 23.8 Å². The Bertz CT molecular complexity index is 932. The fourth-order valence-corrected chi connectivity index (χ4v) is 3.42. The van der Waals surface area contributed by atoms with Crippen molar-refractivity contribution in [2.75, 3.05) is 6.54 Å². The molecule has 0 radical (unpaired) electrons. The number of tetrazole rings is 1. The minimum atomic E-state index is 0.566. The van der Waals surface area contributed by atoms with E-state index in [0.717, 1.165) is 25.2 Å². The van der Waals surface area contributed by atoms with E-state index in [4.69, 9.17) is 23.8 Å². The molecule has 0 N–H and O–H groups in total. The fourth-order valence-electron chi connectivity index (χ4n) is 3.00. The van der Waals surface area contributed by atoms with Crippen LogP contribution in [-0.2, 0) is 19.6 Å². The van der Waals surface area contributed by atoms with Crippen LogP contribution in [0.3, 0.4) is 0 Å². The third-order valence-corrected chi connectivity index (χ3v) is 4.85. The van der Waals surface area contributed by atoms with Crippen LogP contribution in [0.2, 0.25) is 5.02 Å². The molecule has 7 heteroatoms. The molecule has 2 heterocycles. The Balaban J connectivity index is 1.56. The first kappa shape index (κ1) is 15.5. The topological polar surface area (TPSA) is 38.9 Å². The zero-order valence-corrected chi connectivity index (χ0v) is 14.5. The van der Waals surface area contributed by atoms with Crippen LogP contribution in [0, 0.1) is 4.77 Å². The summed E-state index contributed by atoms with van der Waals surface area (Å²) in [6.45, 7) is 2.53. The van der Waals surface area contributed by atoms with Gasteiger partial charge in [-0.3, -0.25) is 4.90 Å². The van der Waals surface area contributed by atoms with Gasteiger partial charge in [-0.05, 0) is 58.4 Å². The summed E-state index contributed by atoms with van der Waals surface area (Å²) in [6, 6.07) is 16.0. The maximum Gasteiger partial charge on any atom is 0.221 e.